The number of nitrogens with zero attached hydrogens (tertiary/aromatic N) is 1. The van der Waals surface area contributed by atoms with Crippen LogP contribution in [0.5, 0.6) is 0 Å². The fourth-order valence-electron chi connectivity index (χ4n) is 2.82. The zero-order chi connectivity index (χ0) is 18.2. The van der Waals surface area contributed by atoms with Gasteiger partial charge in [0, 0.05) is 45.8 Å². The van der Waals surface area contributed by atoms with E-state index in [1.807, 2.05) is 6.92 Å². The molecular weight excluding hydrogens is 447 g/mol. The van der Waals surface area contributed by atoms with E-state index in [2.05, 4.69) is 20.9 Å². The van der Waals surface area contributed by atoms with E-state index >= 15 is 0 Å². The Hall–Kier alpha value is -0.610. The third-order valence-corrected chi connectivity index (χ3v) is 4.19. The van der Waals surface area contributed by atoms with Gasteiger partial charge in [-0.3, -0.25) is 9.79 Å². The predicted molar refractivity (Wildman–Crippen MR) is 116 cm³/mol. The molecule has 0 aliphatic heterocycles. The number of nitrogens with one attached hydrogen (secondary N) is 3. The quantitative estimate of drug-likeness (QED) is 0.171. The molecule has 0 bridgehead atoms. The first-order chi connectivity index (χ1) is 12.3. The van der Waals surface area contributed by atoms with Gasteiger partial charge in [0.25, 0.3) is 0 Å². The third-order valence-electron chi connectivity index (χ3n) is 4.19. The second-order valence-electron chi connectivity index (χ2n) is 6.27. The molecule has 0 atom stereocenters. The predicted octanol–water partition coefficient (Wildman–Crippen LogP) is 1.91. The van der Waals surface area contributed by atoms with Crippen LogP contribution in [0.25, 0.3) is 0 Å². The number of aliphatic imine (C=N–C) groups is 1. The average Bonchev–Trinajstić information content (AvgIpc) is 2.64. The van der Waals surface area contributed by atoms with Crippen molar-refractivity contribution in [3.05, 3.63) is 0 Å². The Balaban J connectivity index is 0.00000625. The number of hydrogen-bond donors (Lipinski definition) is 3. The minimum Gasteiger partial charge on any atom is -0.382 e. The van der Waals surface area contributed by atoms with Crippen LogP contribution in [0.2, 0.25) is 0 Å². The molecule has 0 unspecified atom stereocenters. The Bertz CT molecular complexity index is 377. The van der Waals surface area contributed by atoms with E-state index in [0.717, 1.165) is 31.8 Å². The van der Waals surface area contributed by atoms with Crippen molar-refractivity contribution in [3.63, 3.8) is 0 Å². The Morgan fingerprint density at radius 1 is 1.04 bits per heavy atom. The molecule has 8 heteroatoms. The number of carbonyl (C=O) groups is 1. The Morgan fingerprint density at radius 3 is 2.46 bits per heavy atom. The summed E-state index contributed by atoms with van der Waals surface area (Å²) in [5.41, 5.74) is 0. The minimum atomic E-state index is 0. The summed E-state index contributed by atoms with van der Waals surface area (Å²) < 4.78 is 10.3. The highest BCUT2D eigenvalue weighted by atomic mass is 127. The molecule has 0 aromatic heterocycles. The second-order valence-corrected chi connectivity index (χ2v) is 6.27. The summed E-state index contributed by atoms with van der Waals surface area (Å²) in [6, 6.07) is 0. The highest BCUT2D eigenvalue weighted by Crippen LogP contribution is 2.23. The molecule has 0 radical (unpaired) electrons. The molecule has 1 rings (SSSR count). The molecule has 3 N–H and O–H groups in total. The van der Waals surface area contributed by atoms with Gasteiger partial charge in [-0.2, -0.15) is 0 Å². The highest BCUT2D eigenvalue weighted by molar-refractivity contribution is 14.0. The maximum Gasteiger partial charge on any atom is 0.223 e. The summed E-state index contributed by atoms with van der Waals surface area (Å²) in [5.74, 6) is 1.21. The fourth-order valence-corrected chi connectivity index (χ4v) is 2.82. The maximum atomic E-state index is 12.1. The van der Waals surface area contributed by atoms with Crippen LogP contribution in [0.15, 0.2) is 4.99 Å². The van der Waals surface area contributed by atoms with Gasteiger partial charge in [-0.1, -0.05) is 19.3 Å². The smallest absolute Gasteiger partial charge is 0.223 e. The van der Waals surface area contributed by atoms with E-state index in [1.54, 1.807) is 7.11 Å². The SMILES string of the molecule is CCNC(=NCCCOCCOC)NCCNC(=O)C1CCCCC1.I. The van der Waals surface area contributed by atoms with Crippen LogP contribution in [-0.2, 0) is 14.3 Å². The Labute approximate surface area is 175 Å². The number of methoxy groups -OCH3 is 1. The van der Waals surface area contributed by atoms with Crippen molar-refractivity contribution in [1.82, 2.24) is 16.0 Å². The van der Waals surface area contributed by atoms with Gasteiger partial charge in [0.15, 0.2) is 5.96 Å². The van der Waals surface area contributed by atoms with E-state index in [9.17, 15) is 4.79 Å². The fraction of sp³-hybridized carbons (Fsp3) is 0.889. The maximum absolute atomic E-state index is 12.1. The first-order valence-corrected chi connectivity index (χ1v) is 9.64. The standard InChI is InChI=1S/C18H36N4O3.HI/c1-3-19-18(21-10-7-13-25-15-14-24-2)22-12-11-20-17(23)16-8-5-4-6-9-16;/h16H,3-15H2,1-2H3,(H,20,23)(H2,19,21,22);1H. The number of halogens is 1. The van der Waals surface area contributed by atoms with E-state index in [4.69, 9.17) is 9.47 Å². The van der Waals surface area contributed by atoms with Gasteiger partial charge >= 0.3 is 0 Å². The zero-order valence-corrected chi connectivity index (χ0v) is 18.7. The van der Waals surface area contributed by atoms with Gasteiger partial charge in [-0.25, -0.2) is 0 Å². The minimum absolute atomic E-state index is 0. The lowest BCUT2D eigenvalue weighted by atomic mass is 9.89. The lowest BCUT2D eigenvalue weighted by molar-refractivity contribution is -0.125. The van der Waals surface area contributed by atoms with E-state index < -0.39 is 0 Å². The van der Waals surface area contributed by atoms with Crippen LogP contribution in [0.4, 0.5) is 0 Å². The van der Waals surface area contributed by atoms with Crippen LogP contribution in [-0.4, -0.2) is 65.0 Å². The molecule has 0 saturated heterocycles. The number of guanidine groups is 1. The van der Waals surface area contributed by atoms with Gasteiger partial charge in [0.1, 0.15) is 0 Å². The number of rotatable bonds is 12. The van der Waals surface area contributed by atoms with Crippen LogP contribution in [0.3, 0.4) is 0 Å². The van der Waals surface area contributed by atoms with Crippen molar-refractivity contribution < 1.29 is 14.3 Å². The van der Waals surface area contributed by atoms with Crippen LogP contribution in [0.1, 0.15) is 45.4 Å². The van der Waals surface area contributed by atoms with Crippen molar-refractivity contribution in [2.45, 2.75) is 45.4 Å². The van der Waals surface area contributed by atoms with Gasteiger partial charge in [0.05, 0.1) is 13.2 Å². The Morgan fingerprint density at radius 2 is 1.77 bits per heavy atom. The number of carbonyl (C=O) groups excluding carboxylic acids is 1. The first kappa shape index (κ1) is 25.4. The highest BCUT2D eigenvalue weighted by Gasteiger charge is 2.20. The molecule has 1 aliphatic carbocycles. The van der Waals surface area contributed by atoms with E-state index in [1.165, 1.54) is 19.3 Å². The van der Waals surface area contributed by atoms with E-state index in [0.29, 0.717) is 39.5 Å². The number of hydrogen-bond acceptors (Lipinski definition) is 4. The summed E-state index contributed by atoms with van der Waals surface area (Å²) in [7, 11) is 1.67. The molecule has 0 heterocycles. The first-order valence-electron chi connectivity index (χ1n) is 9.64. The number of ether oxygens (including phenoxy) is 2. The van der Waals surface area contributed by atoms with Crippen LogP contribution >= 0.6 is 24.0 Å². The molecule has 1 amide bonds. The molecular formula is C18H37IN4O3. The van der Waals surface area contributed by atoms with Crippen LogP contribution in [0, 0.1) is 5.92 Å². The third kappa shape index (κ3) is 12.7. The summed E-state index contributed by atoms with van der Waals surface area (Å²) in [5, 5.41) is 9.49. The summed E-state index contributed by atoms with van der Waals surface area (Å²) in [4.78, 5) is 16.6. The monoisotopic (exact) mass is 484 g/mol. The van der Waals surface area contributed by atoms with Crippen molar-refractivity contribution >= 4 is 35.8 Å². The molecule has 154 valence electrons. The average molecular weight is 484 g/mol. The molecule has 0 spiro atoms. The van der Waals surface area contributed by atoms with Gasteiger partial charge in [-0.05, 0) is 26.2 Å². The van der Waals surface area contributed by atoms with E-state index in [-0.39, 0.29) is 35.8 Å². The molecule has 0 aromatic rings. The summed E-state index contributed by atoms with van der Waals surface area (Å²) in [6.07, 6.45) is 6.58. The summed E-state index contributed by atoms with van der Waals surface area (Å²) >= 11 is 0. The lowest BCUT2D eigenvalue weighted by Gasteiger charge is -2.21. The van der Waals surface area contributed by atoms with Crippen molar-refractivity contribution in [2.24, 2.45) is 10.9 Å². The lowest BCUT2D eigenvalue weighted by Crippen LogP contribution is -2.42. The van der Waals surface area contributed by atoms with Crippen molar-refractivity contribution in [1.29, 1.82) is 0 Å². The molecule has 7 nitrogen and oxygen atoms in total. The molecule has 1 aliphatic rings. The van der Waals surface area contributed by atoms with Gasteiger partial charge < -0.3 is 25.4 Å². The topological polar surface area (TPSA) is 84.0 Å². The zero-order valence-electron chi connectivity index (χ0n) is 16.3. The second kappa shape index (κ2) is 17.8. The van der Waals surface area contributed by atoms with Crippen LogP contribution < -0.4 is 16.0 Å². The van der Waals surface area contributed by atoms with Crippen molar-refractivity contribution in [3.8, 4) is 0 Å². The van der Waals surface area contributed by atoms with Gasteiger partial charge in [0.2, 0.25) is 5.91 Å². The number of amides is 1. The Kier molecular flexibility index (Phi) is 17.4. The van der Waals surface area contributed by atoms with Gasteiger partial charge in [-0.15, -0.1) is 24.0 Å². The summed E-state index contributed by atoms with van der Waals surface area (Å²) in [6.45, 7) is 6.79. The normalized spacial score (nSPS) is 15.2. The molecule has 1 saturated carbocycles. The molecule has 1 fully saturated rings. The molecule has 0 aromatic carbocycles. The van der Waals surface area contributed by atoms with Crippen molar-refractivity contribution in [2.75, 3.05) is 53.1 Å². The molecule has 26 heavy (non-hydrogen) atoms. The largest absolute Gasteiger partial charge is 0.382 e.